The Morgan fingerprint density at radius 3 is 2.80 bits per heavy atom. The van der Waals surface area contributed by atoms with Crippen LogP contribution in [0.25, 0.3) is 0 Å². The standard InChI is InChI=1S/C16H24N2O2/c17-14-7-1-2-8-15(14)18-16(19)9-4-11-20-12-10-13-5-3-6-13/h1-2,7-8,13H,3-6,9-12,17H2,(H,18,19). The summed E-state index contributed by atoms with van der Waals surface area (Å²) in [4.78, 5) is 11.7. The monoisotopic (exact) mass is 276 g/mol. The van der Waals surface area contributed by atoms with Crippen LogP contribution in [-0.4, -0.2) is 19.1 Å². The van der Waals surface area contributed by atoms with Crippen LogP contribution in [0.2, 0.25) is 0 Å². The molecule has 0 aromatic heterocycles. The van der Waals surface area contributed by atoms with Crippen molar-refractivity contribution >= 4 is 17.3 Å². The molecule has 1 aromatic carbocycles. The van der Waals surface area contributed by atoms with Crippen LogP contribution < -0.4 is 11.1 Å². The topological polar surface area (TPSA) is 64.3 Å². The van der Waals surface area contributed by atoms with E-state index in [1.807, 2.05) is 18.2 Å². The second-order valence-corrected chi connectivity index (χ2v) is 5.44. The SMILES string of the molecule is Nc1ccccc1NC(=O)CCCOCCC1CCC1. The summed E-state index contributed by atoms with van der Waals surface area (Å²) >= 11 is 0. The predicted octanol–water partition coefficient (Wildman–Crippen LogP) is 3.19. The number of nitrogen functional groups attached to an aromatic ring is 1. The Morgan fingerprint density at radius 2 is 2.10 bits per heavy atom. The highest BCUT2D eigenvalue weighted by atomic mass is 16.5. The molecule has 1 amide bonds. The first kappa shape index (κ1) is 14.9. The minimum atomic E-state index is -0.00880. The van der Waals surface area contributed by atoms with Gasteiger partial charge >= 0.3 is 0 Å². The summed E-state index contributed by atoms with van der Waals surface area (Å²) in [6, 6.07) is 7.29. The molecule has 4 heteroatoms. The second kappa shape index (κ2) is 7.90. The van der Waals surface area contributed by atoms with Crippen LogP contribution in [0.15, 0.2) is 24.3 Å². The smallest absolute Gasteiger partial charge is 0.224 e. The lowest BCUT2D eigenvalue weighted by Gasteiger charge is -2.24. The van der Waals surface area contributed by atoms with Crippen molar-refractivity contribution in [3.05, 3.63) is 24.3 Å². The predicted molar refractivity (Wildman–Crippen MR) is 81.5 cm³/mol. The van der Waals surface area contributed by atoms with Gasteiger partial charge in [-0.15, -0.1) is 0 Å². The number of anilines is 2. The first-order valence-corrected chi connectivity index (χ1v) is 7.48. The molecule has 20 heavy (non-hydrogen) atoms. The second-order valence-electron chi connectivity index (χ2n) is 5.44. The molecule has 0 heterocycles. The molecule has 0 spiro atoms. The molecule has 3 N–H and O–H groups in total. The zero-order chi connectivity index (χ0) is 14.2. The van der Waals surface area contributed by atoms with E-state index in [0.29, 0.717) is 24.4 Å². The fraction of sp³-hybridized carbons (Fsp3) is 0.562. The van der Waals surface area contributed by atoms with Gasteiger partial charge in [-0.2, -0.15) is 0 Å². The van der Waals surface area contributed by atoms with Gasteiger partial charge in [0.05, 0.1) is 11.4 Å². The number of para-hydroxylation sites is 2. The molecular formula is C16H24N2O2. The minimum absolute atomic E-state index is 0.00880. The largest absolute Gasteiger partial charge is 0.397 e. The lowest BCUT2D eigenvalue weighted by Crippen LogP contribution is -2.15. The third-order valence-electron chi connectivity index (χ3n) is 3.82. The molecule has 0 aliphatic heterocycles. The third kappa shape index (κ3) is 4.85. The summed E-state index contributed by atoms with van der Waals surface area (Å²) in [5.74, 6) is 0.879. The van der Waals surface area contributed by atoms with Crippen LogP contribution in [0.3, 0.4) is 0 Å². The molecule has 1 aliphatic carbocycles. The molecule has 110 valence electrons. The summed E-state index contributed by atoms with van der Waals surface area (Å²) in [6.45, 7) is 1.49. The maximum atomic E-state index is 11.7. The number of hydrogen-bond donors (Lipinski definition) is 2. The lowest BCUT2D eigenvalue weighted by molar-refractivity contribution is -0.116. The summed E-state index contributed by atoms with van der Waals surface area (Å²) in [5.41, 5.74) is 7.05. The van der Waals surface area contributed by atoms with E-state index in [1.54, 1.807) is 6.07 Å². The number of carbonyl (C=O) groups excluding carboxylic acids is 1. The lowest BCUT2D eigenvalue weighted by atomic mass is 9.83. The van der Waals surface area contributed by atoms with Crippen molar-refractivity contribution in [2.24, 2.45) is 5.92 Å². The van der Waals surface area contributed by atoms with E-state index in [1.165, 1.54) is 25.7 Å². The van der Waals surface area contributed by atoms with E-state index in [9.17, 15) is 4.79 Å². The number of nitrogens with two attached hydrogens (primary N) is 1. The van der Waals surface area contributed by atoms with Gasteiger partial charge in [0, 0.05) is 19.6 Å². The summed E-state index contributed by atoms with van der Waals surface area (Å²) in [6.07, 6.45) is 6.51. The molecule has 0 unspecified atom stereocenters. The fourth-order valence-electron chi connectivity index (χ4n) is 2.29. The maximum absolute atomic E-state index is 11.7. The highest BCUT2D eigenvalue weighted by Gasteiger charge is 2.16. The zero-order valence-electron chi connectivity index (χ0n) is 11.9. The molecular weight excluding hydrogens is 252 g/mol. The highest BCUT2D eigenvalue weighted by Crippen LogP contribution is 2.29. The maximum Gasteiger partial charge on any atom is 0.224 e. The van der Waals surface area contributed by atoms with Gasteiger partial charge in [0.1, 0.15) is 0 Å². The Bertz CT molecular complexity index is 430. The number of amides is 1. The molecule has 4 nitrogen and oxygen atoms in total. The number of hydrogen-bond acceptors (Lipinski definition) is 3. The molecule has 0 bridgehead atoms. The van der Waals surface area contributed by atoms with Gasteiger partial charge in [-0.1, -0.05) is 31.4 Å². The van der Waals surface area contributed by atoms with E-state index in [-0.39, 0.29) is 5.91 Å². The molecule has 1 saturated carbocycles. The van der Waals surface area contributed by atoms with Gasteiger partial charge in [-0.3, -0.25) is 4.79 Å². The van der Waals surface area contributed by atoms with Gasteiger partial charge in [0.2, 0.25) is 5.91 Å². The van der Waals surface area contributed by atoms with Crippen molar-refractivity contribution in [3.63, 3.8) is 0 Å². The number of carbonyl (C=O) groups is 1. The minimum Gasteiger partial charge on any atom is -0.397 e. The van der Waals surface area contributed by atoms with Gasteiger partial charge < -0.3 is 15.8 Å². The third-order valence-corrected chi connectivity index (χ3v) is 3.82. The summed E-state index contributed by atoms with van der Waals surface area (Å²) in [7, 11) is 0. The van der Waals surface area contributed by atoms with Crippen molar-refractivity contribution < 1.29 is 9.53 Å². The molecule has 1 aliphatic rings. The van der Waals surface area contributed by atoms with Crippen LogP contribution in [0.5, 0.6) is 0 Å². The van der Waals surface area contributed by atoms with Crippen LogP contribution in [0.4, 0.5) is 11.4 Å². The average molecular weight is 276 g/mol. The molecule has 0 radical (unpaired) electrons. The molecule has 1 fully saturated rings. The first-order chi connectivity index (χ1) is 9.75. The quantitative estimate of drug-likeness (QED) is 0.566. The Balaban J connectivity index is 1.52. The van der Waals surface area contributed by atoms with Crippen molar-refractivity contribution in [3.8, 4) is 0 Å². The van der Waals surface area contributed by atoms with E-state index in [4.69, 9.17) is 10.5 Å². The first-order valence-electron chi connectivity index (χ1n) is 7.48. The van der Waals surface area contributed by atoms with Crippen LogP contribution in [0, 0.1) is 5.92 Å². The normalized spacial score (nSPS) is 14.8. The van der Waals surface area contributed by atoms with E-state index < -0.39 is 0 Å². The van der Waals surface area contributed by atoms with Crippen molar-refractivity contribution in [1.29, 1.82) is 0 Å². The van der Waals surface area contributed by atoms with Crippen LogP contribution >= 0.6 is 0 Å². The fourth-order valence-corrected chi connectivity index (χ4v) is 2.29. The van der Waals surface area contributed by atoms with E-state index in [0.717, 1.165) is 18.9 Å². The van der Waals surface area contributed by atoms with Crippen LogP contribution in [0.1, 0.15) is 38.5 Å². The van der Waals surface area contributed by atoms with Crippen LogP contribution in [-0.2, 0) is 9.53 Å². The number of ether oxygens (including phenoxy) is 1. The van der Waals surface area contributed by atoms with Gasteiger partial charge in [0.25, 0.3) is 0 Å². The molecule has 0 atom stereocenters. The Hall–Kier alpha value is -1.55. The Morgan fingerprint density at radius 1 is 1.30 bits per heavy atom. The summed E-state index contributed by atoms with van der Waals surface area (Å²) < 4.78 is 5.56. The van der Waals surface area contributed by atoms with Gasteiger partial charge in [-0.05, 0) is 30.9 Å². The zero-order valence-corrected chi connectivity index (χ0v) is 11.9. The molecule has 2 rings (SSSR count). The Kier molecular flexibility index (Phi) is 5.87. The number of nitrogens with one attached hydrogen (secondary N) is 1. The number of rotatable bonds is 8. The van der Waals surface area contributed by atoms with Gasteiger partial charge in [-0.25, -0.2) is 0 Å². The van der Waals surface area contributed by atoms with Crippen molar-refractivity contribution in [2.45, 2.75) is 38.5 Å². The molecule has 1 aromatic rings. The molecule has 0 saturated heterocycles. The van der Waals surface area contributed by atoms with E-state index in [2.05, 4.69) is 5.32 Å². The van der Waals surface area contributed by atoms with Crippen molar-refractivity contribution in [1.82, 2.24) is 0 Å². The summed E-state index contributed by atoms with van der Waals surface area (Å²) in [5, 5.41) is 2.82. The van der Waals surface area contributed by atoms with Crippen molar-refractivity contribution in [2.75, 3.05) is 24.3 Å². The highest BCUT2D eigenvalue weighted by molar-refractivity contribution is 5.93. The number of benzene rings is 1. The van der Waals surface area contributed by atoms with E-state index >= 15 is 0 Å². The average Bonchev–Trinajstić information content (AvgIpc) is 2.38. The Labute approximate surface area is 120 Å². The van der Waals surface area contributed by atoms with Gasteiger partial charge in [0.15, 0.2) is 0 Å².